The molecule has 32 heavy (non-hydrogen) atoms. The third kappa shape index (κ3) is 7.33. The van der Waals surface area contributed by atoms with Gasteiger partial charge in [0.1, 0.15) is 0 Å². The van der Waals surface area contributed by atoms with Crippen molar-refractivity contribution in [2.75, 3.05) is 0 Å². The van der Waals surface area contributed by atoms with E-state index in [4.69, 9.17) is 34.8 Å². The van der Waals surface area contributed by atoms with Gasteiger partial charge in [-0.15, -0.1) is 16.7 Å². The van der Waals surface area contributed by atoms with Crippen molar-refractivity contribution in [3.8, 4) is 5.69 Å². The minimum atomic E-state index is -2.63. The number of aliphatic imine (C=N–C) groups is 1. The van der Waals surface area contributed by atoms with Gasteiger partial charge in [-0.25, -0.2) is 23.2 Å². The lowest BCUT2D eigenvalue weighted by atomic mass is 9.85. The molecular weight excluding hydrogens is 501 g/mol. The molecule has 0 saturated carbocycles. The topological polar surface area (TPSA) is 63.0 Å². The van der Waals surface area contributed by atoms with Crippen LogP contribution in [0.3, 0.4) is 0 Å². The van der Waals surface area contributed by atoms with Crippen molar-refractivity contribution < 1.29 is 8.78 Å². The second kappa shape index (κ2) is 12.2. The molecule has 0 saturated heterocycles. The van der Waals surface area contributed by atoms with Crippen LogP contribution in [-0.2, 0) is 5.41 Å². The van der Waals surface area contributed by atoms with E-state index in [1.165, 1.54) is 11.5 Å². The second-order valence-electron chi connectivity index (χ2n) is 7.54. The van der Waals surface area contributed by atoms with Gasteiger partial charge in [0.15, 0.2) is 0 Å². The Kier molecular flexibility index (Phi) is 10.9. The van der Waals surface area contributed by atoms with Crippen LogP contribution >= 0.6 is 46.6 Å². The maximum absolute atomic E-state index is 12.8. The van der Waals surface area contributed by atoms with Crippen LogP contribution in [0.2, 0.25) is 10.0 Å². The van der Waals surface area contributed by atoms with Crippen molar-refractivity contribution in [2.24, 2.45) is 4.99 Å². The monoisotopic (exact) mass is 526 g/mol. The van der Waals surface area contributed by atoms with Crippen molar-refractivity contribution in [1.29, 1.82) is 0 Å². The molecule has 1 unspecified atom stereocenters. The van der Waals surface area contributed by atoms with Gasteiger partial charge in [0.05, 0.1) is 26.2 Å². The first-order chi connectivity index (χ1) is 14.8. The maximum atomic E-state index is 12.8. The van der Waals surface area contributed by atoms with Crippen LogP contribution in [0.4, 0.5) is 8.78 Å². The Labute approximate surface area is 206 Å². The summed E-state index contributed by atoms with van der Waals surface area (Å²) < 4.78 is 26.9. The molecule has 0 fully saturated rings. The number of hydrogen-bond donors (Lipinski definition) is 1. The zero-order valence-corrected chi connectivity index (χ0v) is 22.0. The van der Waals surface area contributed by atoms with E-state index in [9.17, 15) is 13.6 Å². The number of benzene rings is 1. The summed E-state index contributed by atoms with van der Waals surface area (Å²) in [7, 11) is 0. The number of nitrogens with zero attached hydrogens (tertiary/aromatic N) is 3. The highest BCUT2D eigenvalue weighted by Gasteiger charge is 2.25. The molecule has 11 heteroatoms. The fourth-order valence-electron chi connectivity index (χ4n) is 2.41. The molecule has 0 spiro atoms. The van der Waals surface area contributed by atoms with E-state index in [0.717, 1.165) is 23.5 Å². The van der Waals surface area contributed by atoms with Gasteiger partial charge in [-0.2, -0.15) is 0 Å². The first-order valence-corrected chi connectivity index (χ1v) is 11.9. The molecule has 0 aliphatic heterocycles. The molecule has 0 aliphatic rings. The summed E-state index contributed by atoms with van der Waals surface area (Å²) in [4.78, 5) is 16.7. The summed E-state index contributed by atoms with van der Waals surface area (Å²) in [6.45, 7) is 12.8. The lowest BCUT2D eigenvalue weighted by Gasteiger charge is -2.24. The number of rotatable bonds is 5. The maximum Gasteiger partial charge on any atom is 0.348 e. The summed E-state index contributed by atoms with van der Waals surface area (Å²) in [6.07, 6.45) is -1.57. The third-order valence-electron chi connectivity index (χ3n) is 4.00. The van der Waals surface area contributed by atoms with Crippen molar-refractivity contribution in [3.63, 3.8) is 0 Å². The highest BCUT2D eigenvalue weighted by molar-refractivity contribution is 8.14. The van der Waals surface area contributed by atoms with Crippen LogP contribution in [0.5, 0.6) is 0 Å². The third-order valence-corrected chi connectivity index (χ3v) is 6.19. The Morgan fingerprint density at radius 3 is 2.31 bits per heavy atom. The summed E-state index contributed by atoms with van der Waals surface area (Å²) >= 11 is 19.6. The molecule has 0 amide bonds. The first kappa shape index (κ1) is 28.7. The van der Waals surface area contributed by atoms with E-state index < -0.39 is 17.5 Å². The van der Waals surface area contributed by atoms with Crippen molar-refractivity contribution >= 4 is 51.6 Å². The number of thioether (sulfide) groups is 1. The van der Waals surface area contributed by atoms with Crippen LogP contribution in [-0.4, -0.2) is 31.6 Å². The highest BCUT2D eigenvalue weighted by atomic mass is 35.5. The second-order valence-corrected chi connectivity index (χ2v) is 10.00. The van der Waals surface area contributed by atoms with E-state index in [1.54, 1.807) is 19.1 Å². The fourth-order valence-corrected chi connectivity index (χ4v) is 3.74. The smallest absolute Gasteiger partial charge is 0.252 e. The molecule has 0 aliphatic carbocycles. The Morgan fingerprint density at radius 2 is 1.81 bits per heavy atom. The van der Waals surface area contributed by atoms with E-state index in [0.29, 0.717) is 15.8 Å². The van der Waals surface area contributed by atoms with Gasteiger partial charge < -0.3 is 0 Å². The molecule has 1 heterocycles. The van der Waals surface area contributed by atoms with Crippen LogP contribution < -0.4 is 5.69 Å². The molecular formula is C21H27Cl3F2N4OS. The van der Waals surface area contributed by atoms with Crippen molar-refractivity contribution in [2.45, 2.75) is 70.8 Å². The standard InChI is InChI=1S/C19H21Cl3F2N4OS.C2H6/c1-9(15(23)24)8-25-16(10(2)20)30-18-27-26-17(29)28(18)14-7-13(22)12(21)6-11(14)19(3,4)5;1-2/h6-8,10,15H,1-5H3,(H,26,29);1-2H3/b9-8+,25-16?;. The zero-order valence-electron chi connectivity index (χ0n) is 18.9. The van der Waals surface area contributed by atoms with Crippen molar-refractivity contribution in [3.05, 3.63) is 50.0 Å². The Bertz CT molecular complexity index is 1040. The molecule has 1 atom stereocenters. The normalized spacial score (nSPS) is 13.8. The molecule has 1 aromatic heterocycles. The predicted octanol–water partition coefficient (Wildman–Crippen LogP) is 7.48. The molecule has 2 aromatic rings. The van der Waals surface area contributed by atoms with Crippen LogP contribution in [0.15, 0.2) is 38.8 Å². The van der Waals surface area contributed by atoms with Crippen LogP contribution in [0.25, 0.3) is 5.69 Å². The Hall–Kier alpha value is -1.35. The number of H-pyrrole nitrogens is 1. The Balaban J connectivity index is 0.00000249. The summed E-state index contributed by atoms with van der Waals surface area (Å²) in [6, 6.07) is 3.30. The fraction of sp³-hybridized carbons (Fsp3) is 0.476. The molecule has 1 N–H and O–H groups in total. The minimum absolute atomic E-state index is 0.204. The Morgan fingerprint density at radius 1 is 1.25 bits per heavy atom. The van der Waals surface area contributed by atoms with Crippen LogP contribution in [0.1, 0.15) is 54.0 Å². The molecule has 5 nitrogen and oxygen atoms in total. The summed E-state index contributed by atoms with van der Waals surface area (Å²) in [5, 5.41) is 7.03. The molecule has 1 aromatic carbocycles. The lowest BCUT2D eigenvalue weighted by Crippen LogP contribution is -2.22. The number of alkyl halides is 3. The van der Waals surface area contributed by atoms with E-state index in [2.05, 4.69) is 15.2 Å². The number of aromatic nitrogens is 3. The quantitative estimate of drug-likeness (QED) is 0.190. The van der Waals surface area contributed by atoms with E-state index in [-0.39, 0.29) is 21.2 Å². The summed E-state index contributed by atoms with van der Waals surface area (Å²) in [5.74, 6) is 0. The first-order valence-electron chi connectivity index (χ1n) is 9.84. The summed E-state index contributed by atoms with van der Waals surface area (Å²) in [5.41, 5.74) is 0.203. The van der Waals surface area contributed by atoms with Gasteiger partial charge in [0.2, 0.25) is 5.16 Å². The highest BCUT2D eigenvalue weighted by Crippen LogP contribution is 2.36. The van der Waals surface area contributed by atoms with E-state index >= 15 is 0 Å². The molecule has 178 valence electrons. The number of halogens is 5. The van der Waals surface area contributed by atoms with Gasteiger partial charge in [0, 0.05) is 11.8 Å². The zero-order chi connectivity index (χ0) is 24.8. The predicted molar refractivity (Wildman–Crippen MR) is 133 cm³/mol. The lowest BCUT2D eigenvalue weighted by molar-refractivity contribution is 0.189. The number of allylic oxidation sites excluding steroid dienone is 1. The van der Waals surface area contributed by atoms with Gasteiger partial charge in [0.25, 0.3) is 6.43 Å². The van der Waals surface area contributed by atoms with Crippen LogP contribution in [0, 0.1) is 0 Å². The largest absolute Gasteiger partial charge is 0.348 e. The van der Waals surface area contributed by atoms with Gasteiger partial charge >= 0.3 is 5.69 Å². The number of hydrogen-bond acceptors (Lipinski definition) is 4. The average Bonchev–Trinajstić information content (AvgIpc) is 3.07. The SMILES string of the molecule is C/C(=C\N=C(Sc1n[nH]c(=O)n1-c1cc(Cl)c(Cl)cc1C(C)(C)C)C(C)Cl)C(F)F.CC. The molecule has 0 radical (unpaired) electrons. The van der Waals surface area contributed by atoms with Gasteiger partial charge in [-0.05, 0) is 48.7 Å². The minimum Gasteiger partial charge on any atom is -0.252 e. The van der Waals surface area contributed by atoms with Crippen molar-refractivity contribution in [1.82, 2.24) is 14.8 Å². The average molecular weight is 528 g/mol. The number of nitrogens with one attached hydrogen (secondary N) is 1. The van der Waals surface area contributed by atoms with Gasteiger partial charge in [-0.3, -0.25) is 4.99 Å². The molecule has 2 rings (SSSR count). The van der Waals surface area contributed by atoms with E-state index in [1.807, 2.05) is 34.6 Å². The molecule has 0 bridgehead atoms. The van der Waals surface area contributed by atoms with Gasteiger partial charge in [-0.1, -0.05) is 57.8 Å². The number of aromatic amines is 1.